The van der Waals surface area contributed by atoms with Gasteiger partial charge in [-0.1, -0.05) is 0 Å². The fourth-order valence-electron chi connectivity index (χ4n) is 1.89. The van der Waals surface area contributed by atoms with Crippen molar-refractivity contribution in [2.45, 2.75) is 0 Å². The van der Waals surface area contributed by atoms with Gasteiger partial charge in [-0.2, -0.15) is 11.8 Å². The molecule has 1 aromatic rings. The predicted molar refractivity (Wildman–Crippen MR) is 78.8 cm³/mol. The zero-order valence-corrected chi connectivity index (χ0v) is 12.7. The Morgan fingerprint density at radius 2 is 2.17 bits per heavy atom. The van der Waals surface area contributed by atoms with E-state index < -0.39 is 0 Å². The van der Waals surface area contributed by atoms with E-state index in [-0.39, 0.29) is 5.78 Å². The number of Topliss-reactive ketones (excluding diaryl/α,β-unsaturated/α-hetero) is 1. The van der Waals surface area contributed by atoms with E-state index in [1.54, 1.807) is 7.11 Å². The molecule has 0 spiro atoms. The summed E-state index contributed by atoms with van der Waals surface area (Å²) in [5.74, 6) is 3.17. The molecule has 0 aromatic heterocycles. The molecule has 0 aliphatic carbocycles. The van der Waals surface area contributed by atoms with Gasteiger partial charge in [-0.15, -0.1) is 0 Å². The van der Waals surface area contributed by atoms with Crippen LogP contribution in [0.25, 0.3) is 0 Å². The summed E-state index contributed by atoms with van der Waals surface area (Å²) in [6.45, 7) is 2.53. The van der Waals surface area contributed by atoms with Crippen molar-refractivity contribution in [3.05, 3.63) is 28.2 Å². The van der Waals surface area contributed by atoms with Gasteiger partial charge < -0.3 is 4.74 Å². The summed E-state index contributed by atoms with van der Waals surface area (Å²) in [7, 11) is 1.62. The molecule has 1 aliphatic rings. The quantitative estimate of drug-likeness (QED) is 0.794. The van der Waals surface area contributed by atoms with Gasteiger partial charge in [-0.25, -0.2) is 0 Å². The van der Waals surface area contributed by atoms with E-state index in [0.717, 1.165) is 40.4 Å². The summed E-state index contributed by atoms with van der Waals surface area (Å²) in [6.07, 6.45) is 0. The number of hydrogen-bond acceptors (Lipinski definition) is 4. The fraction of sp³-hybridized carbons (Fsp3) is 0.462. The molecule has 1 heterocycles. The van der Waals surface area contributed by atoms with E-state index in [0.29, 0.717) is 6.54 Å². The molecule has 1 fully saturated rings. The van der Waals surface area contributed by atoms with Crippen LogP contribution in [0.15, 0.2) is 22.7 Å². The maximum Gasteiger partial charge on any atom is 0.176 e. The molecule has 1 saturated heterocycles. The van der Waals surface area contributed by atoms with Gasteiger partial charge in [0.25, 0.3) is 0 Å². The molecule has 98 valence electrons. The van der Waals surface area contributed by atoms with Crippen LogP contribution < -0.4 is 4.74 Å². The third-order valence-corrected chi connectivity index (χ3v) is 4.51. The highest BCUT2D eigenvalue weighted by Crippen LogP contribution is 2.25. The second-order valence-electron chi connectivity index (χ2n) is 4.16. The highest BCUT2D eigenvalue weighted by atomic mass is 79.9. The van der Waals surface area contributed by atoms with Gasteiger partial charge in [-0.05, 0) is 34.1 Å². The Hall–Kier alpha value is -0.520. The van der Waals surface area contributed by atoms with Crippen molar-refractivity contribution in [2.75, 3.05) is 38.2 Å². The maximum absolute atomic E-state index is 12.2. The van der Waals surface area contributed by atoms with E-state index in [4.69, 9.17) is 4.74 Å². The third-order valence-electron chi connectivity index (χ3n) is 2.94. The number of ether oxygens (including phenoxy) is 1. The van der Waals surface area contributed by atoms with Crippen LogP contribution in [-0.2, 0) is 0 Å². The summed E-state index contributed by atoms with van der Waals surface area (Å²) in [4.78, 5) is 14.4. The van der Waals surface area contributed by atoms with Gasteiger partial charge in [0.1, 0.15) is 5.75 Å². The lowest BCUT2D eigenvalue weighted by Crippen LogP contribution is -2.36. The Bertz CT molecular complexity index is 433. The van der Waals surface area contributed by atoms with Crippen molar-refractivity contribution in [2.24, 2.45) is 0 Å². The molecule has 18 heavy (non-hydrogen) atoms. The summed E-state index contributed by atoms with van der Waals surface area (Å²) in [5, 5.41) is 0. The summed E-state index contributed by atoms with van der Waals surface area (Å²) in [6, 6.07) is 5.48. The van der Waals surface area contributed by atoms with E-state index in [1.165, 1.54) is 0 Å². The highest BCUT2D eigenvalue weighted by Gasteiger charge is 2.16. The minimum Gasteiger partial charge on any atom is -0.496 e. The molecular weight excluding hydrogens is 314 g/mol. The largest absolute Gasteiger partial charge is 0.496 e. The normalized spacial score (nSPS) is 16.6. The number of rotatable bonds is 4. The van der Waals surface area contributed by atoms with Gasteiger partial charge >= 0.3 is 0 Å². The number of carbonyl (C=O) groups is 1. The molecule has 0 atom stereocenters. The first-order valence-corrected chi connectivity index (χ1v) is 7.82. The smallest absolute Gasteiger partial charge is 0.176 e. The average Bonchev–Trinajstić information content (AvgIpc) is 2.39. The number of halogens is 1. The Morgan fingerprint density at radius 1 is 1.44 bits per heavy atom. The number of methoxy groups -OCH3 is 1. The van der Waals surface area contributed by atoms with E-state index in [9.17, 15) is 4.79 Å². The zero-order valence-electron chi connectivity index (χ0n) is 10.3. The third kappa shape index (κ3) is 3.49. The number of benzene rings is 1. The lowest BCUT2D eigenvalue weighted by atomic mass is 10.1. The van der Waals surface area contributed by atoms with Crippen molar-refractivity contribution in [3.63, 3.8) is 0 Å². The first-order valence-electron chi connectivity index (χ1n) is 5.87. The lowest BCUT2D eigenvalue weighted by Gasteiger charge is -2.25. The molecular formula is C13H16BrNO2S. The van der Waals surface area contributed by atoms with Crippen LogP contribution in [-0.4, -0.2) is 48.9 Å². The van der Waals surface area contributed by atoms with Crippen molar-refractivity contribution >= 4 is 33.5 Å². The van der Waals surface area contributed by atoms with Crippen LogP contribution in [0, 0.1) is 0 Å². The van der Waals surface area contributed by atoms with Gasteiger partial charge in [-0.3, -0.25) is 9.69 Å². The van der Waals surface area contributed by atoms with Gasteiger partial charge in [0.15, 0.2) is 5.78 Å². The minimum absolute atomic E-state index is 0.172. The molecule has 0 radical (unpaired) electrons. The Morgan fingerprint density at radius 3 is 2.78 bits per heavy atom. The van der Waals surface area contributed by atoms with E-state index >= 15 is 0 Å². The first kappa shape index (κ1) is 13.9. The average molecular weight is 330 g/mol. The molecule has 0 N–H and O–H groups in total. The summed E-state index contributed by atoms with van der Waals surface area (Å²) in [5.41, 5.74) is 0.737. The number of thioether (sulfide) groups is 1. The molecule has 1 aromatic carbocycles. The fourth-order valence-corrected chi connectivity index (χ4v) is 3.41. The maximum atomic E-state index is 12.2. The molecule has 0 bridgehead atoms. The molecule has 0 amide bonds. The van der Waals surface area contributed by atoms with Crippen LogP contribution in [0.5, 0.6) is 5.75 Å². The second-order valence-corrected chi connectivity index (χ2v) is 6.24. The van der Waals surface area contributed by atoms with Gasteiger partial charge in [0, 0.05) is 30.2 Å². The number of hydrogen-bond donors (Lipinski definition) is 0. The number of ketones is 1. The topological polar surface area (TPSA) is 29.5 Å². The van der Waals surface area contributed by atoms with Crippen molar-refractivity contribution in [1.82, 2.24) is 4.90 Å². The molecule has 2 rings (SSSR count). The summed E-state index contributed by atoms with van der Waals surface area (Å²) >= 11 is 5.36. The predicted octanol–water partition coefficient (Wildman–Crippen LogP) is 2.69. The van der Waals surface area contributed by atoms with Gasteiger partial charge in [0.2, 0.25) is 0 Å². The minimum atomic E-state index is 0.172. The van der Waals surface area contributed by atoms with Crippen LogP contribution in [0.2, 0.25) is 0 Å². The Labute approximate surface area is 120 Å². The first-order chi connectivity index (χ1) is 8.70. The summed E-state index contributed by atoms with van der Waals surface area (Å²) < 4.78 is 5.98. The zero-order chi connectivity index (χ0) is 13.0. The van der Waals surface area contributed by atoms with E-state index in [1.807, 2.05) is 30.0 Å². The SMILES string of the molecule is COc1ccc(C(=O)CN2CCSCC2)cc1Br. The standard InChI is InChI=1S/C13H16BrNO2S/c1-17-13-3-2-10(8-11(13)14)12(16)9-15-4-6-18-7-5-15/h2-3,8H,4-7,9H2,1H3. The van der Waals surface area contributed by atoms with Crippen molar-refractivity contribution in [1.29, 1.82) is 0 Å². The lowest BCUT2D eigenvalue weighted by molar-refractivity contribution is 0.0937. The van der Waals surface area contributed by atoms with Crippen LogP contribution in [0.1, 0.15) is 10.4 Å². The molecule has 1 aliphatic heterocycles. The van der Waals surface area contributed by atoms with Crippen molar-refractivity contribution in [3.8, 4) is 5.75 Å². The Balaban J connectivity index is 2.01. The molecule has 5 heteroatoms. The number of nitrogens with zero attached hydrogens (tertiary/aromatic N) is 1. The number of carbonyl (C=O) groups excluding carboxylic acids is 1. The molecule has 0 unspecified atom stereocenters. The van der Waals surface area contributed by atoms with E-state index in [2.05, 4.69) is 20.8 Å². The van der Waals surface area contributed by atoms with Crippen LogP contribution in [0.4, 0.5) is 0 Å². The molecule has 3 nitrogen and oxygen atoms in total. The van der Waals surface area contributed by atoms with Gasteiger partial charge in [0.05, 0.1) is 18.1 Å². The van der Waals surface area contributed by atoms with Crippen LogP contribution >= 0.6 is 27.7 Å². The molecule has 0 saturated carbocycles. The highest BCUT2D eigenvalue weighted by molar-refractivity contribution is 9.10. The Kier molecular flexibility index (Phi) is 5.09. The second kappa shape index (κ2) is 6.59. The van der Waals surface area contributed by atoms with Crippen molar-refractivity contribution < 1.29 is 9.53 Å². The monoisotopic (exact) mass is 329 g/mol. The van der Waals surface area contributed by atoms with Crippen LogP contribution in [0.3, 0.4) is 0 Å².